The number of carbonyl (C=O) groups is 1. The normalized spacial score (nSPS) is 9.92. The van der Waals surface area contributed by atoms with Crippen LogP contribution in [-0.2, 0) is 0 Å². The Morgan fingerprint density at radius 3 is 2.67 bits per heavy atom. The lowest BCUT2D eigenvalue weighted by Crippen LogP contribution is -2.02. The molecule has 0 fully saturated rings. The molecule has 0 saturated carbocycles. The summed E-state index contributed by atoms with van der Waals surface area (Å²) in [4.78, 5) is 10.4. The summed E-state index contributed by atoms with van der Waals surface area (Å²) in [6.45, 7) is 1.52. The van der Waals surface area contributed by atoms with Gasteiger partial charge in [-0.3, -0.25) is 0 Å². The van der Waals surface area contributed by atoms with E-state index in [2.05, 4.69) is 15.9 Å². The van der Waals surface area contributed by atoms with Gasteiger partial charge < -0.3 is 5.11 Å². The Labute approximate surface area is 77.2 Å². The molecule has 1 rings (SSSR count). The van der Waals surface area contributed by atoms with Crippen molar-refractivity contribution in [1.82, 2.24) is 0 Å². The zero-order valence-electron chi connectivity index (χ0n) is 6.27. The maximum Gasteiger partial charge on any atom is 0.338 e. The molecule has 64 valence electrons. The van der Waals surface area contributed by atoms with Gasteiger partial charge in [0.05, 0.1) is 5.56 Å². The average molecular weight is 233 g/mol. The van der Waals surface area contributed by atoms with Gasteiger partial charge in [-0.05, 0) is 24.6 Å². The molecule has 0 aliphatic rings. The molecule has 12 heavy (non-hydrogen) atoms. The fourth-order valence-electron chi connectivity index (χ4n) is 0.827. The third kappa shape index (κ3) is 1.48. The Hall–Kier alpha value is -0.900. The first-order valence-corrected chi connectivity index (χ1v) is 4.01. The third-order valence-electron chi connectivity index (χ3n) is 1.55. The lowest BCUT2D eigenvalue weighted by Gasteiger charge is -2.02. The minimum absolute atomic E-state index is 0.296. The topological polar surface area (TPSA) is 37.3 Å². The molecule has 4 heteroatoms. The van der Waals surface area contributed by atoms with Crippen LogP contribution in [0, 0.1) is 12.7 Å². The van der Waals surface area contributed by atoms with Crippen molar-refractivity contribution >= 4 is 21.9 Å². The van der Waals surface area contributed by atoms with E-state index in [1.165, 1.54) is 19.1 Å². The number of carboxylic acid groups (broad SMARTS) is 1. The number of rotatable bonds is 1. The van der Waals surface area contributed by atoms with Gasteiger partial charge in [0.2, 0.25) is 0 Å². The number of benzene rings is 1. The van der Waals surface area contributed by atoms with E-state index in [1.54, 1.807) is 0 Å². The van der Waals surface area contributed by atoms with Gasteiger partial charge in [0.25, 0.3) is 0 Å². The van der Waals surface area contributed by atoms with Crippen LogP contribution in [0.4, 0.5) is 4.39 Å². The predicted octanol–water partition coefficient (Wildman–Crippen LogP) is 2.59. The molecule has 1 aromatic rings. The van der Waals surface area contributed by atoms with E-state index in [1.807, 2.05) is 0 Å². The Bertz CT molecular complexity index is 336. The molecule has 1 aromatic carbocycles. The highest BCUT2D eigenvalue weighted by atomic mass is 79.9. The predicted molar refractivity (Wildman–Crippen MR) is 45.8 cm³/mol. The summed E-state index contributed by atoms with van der Waals surface area (Å²) in [5.41, 5.74) is 0.0191. The molecule has 0 amide bonds. The molecular formula is C8H6BrFO2. The zero-order chi connectivity index (χ0) is 9.30. The van der Waals surface area contributed by atoms with Gasteiger partial charge in [0, 0.05) is 4.47 Å². The Morgan fingerprint density at radius 1 is 1.58 bits per heavy atom. The number of hydrogen-bond donors (Lipinski definition) is 1. The van der Waals surface area contributed by atoms with Crippen molar-refractivity contribution in [3.63, 3.8) is 0 Å². The molecule has 0 heterocycles. The van der Waals surface area contributed by atoms with Crippen molar-refractivity contribution in [1.29, 1.82) is 0 Å². The molecule has 2 nitrogen and oxygen atoms in total. The van der Waals surface area contributed by atoms with Gasteiger partial charge in [-0.15, -0.1) is 0 Å². The summed E-state index contributed by atoms with van der Waals surface area (Å²) >= 11 is 3.10. The molecule has 0 unspecified atom stereocenters. The second-order valence-electron chi connectivity index (χ2n) is 2.34. The summed E-state index contributed by atoms with van der Waals surface area (Å²) in [6.07, 6.45) is 0. The number of hydrogen-bond acceptors (Lipinski definition) is 1. The summed E-state index contributed by atoms with van der Waals surface area (Å²) in [5, 5.41) is 8.53. The molecule has 1 N–H and O–H groups in total. The highest BCUT2D eigenvalue weighted by Crippen LogP contribution is 2.21. The molecule has 0 atom stereocenters. The second-order valence-corrected chi connectivity index (χ2v) is 3.19. The average Bonchev–Trinajstić information content (AvgIpc) is 2.00. The van der Waals surface area contributed by atoms with Crippen LogP contribution in [0.25, 0.3) is 0 Å². The Morgan fingerprint density at radius 2 is 2.17 bits per heavy atom. The van der Waals surface area contributed by atoms with E-state index >= 15 is 0 Å². The molecule has 0 aliphatic heterocycles. The fourth-order valence-corrected chi connectivity index (χ4v) is 1.13. The maximum atomic E-state index is 13.1. The summed E-state index contributed by atoms with van der Waals surface area (Å²) in [5.74, 6) is -1.93. The lowest BCUT2D eigenvalue weighted by molar-refractivity contribution is 0.0691. The standard InChI is InChI=1S/C8H6BrFO2/c1-4-6(9)3-2-5(7(4)10)8(11)12/h2-3H,1H3,(H,11,12). The largest absolute Gasteiger partial charge is 0.478 e. The van der Waals surface area contributed by atoms with Gasteiger partial charge >= 0.3 is 5.97 Å². The zero-order valence-corrected chi connectivity index (χ0v) is 7.85. The van der Waals surface area contributed by atoms with Gasteiger partial charge in [-0.2, -0.15) is 0 Å². The van der Waals surface area contributed by atoms with Gasteiger partial charge in [0.1, 0.15) is 5.82 Å². The number of halogens is 2. The molecule has 0 radical (unpaired) electrons. The first kappa shape index (κ1) is 9.19. The summed E-state index contributed by atoms with van der Waals surface area (Å²) < 4.78 is 13.7. The van der Waals surface area contributed by atoms with Crippen molar-refractivity contribution in [2.75, 3.05) is 0 Å². The van der Waals surface area contributed by atoms with Crippen LogP contribution in [0.5, 0.6) is 0 Å². The quantitative estimate of drug-likeness (QED) is 0.809. The number of carboxylic acids is 1. The van der Waals surface area contributed by atoms with E-state index in [9.17, 15) is 9.18 Å². The van der Waals surface area contributed by atoms with Crippen molar-refractivity contribution in [3.8, 4) is 0 Å². The fraction of sp³-hybridized carbons (Fsp3) is 0.125. The first-order valence-electron chi connectivity index (χ1n) is 3.22. The van der Waals surface area contributed by atoms with Gasteiger partial charge in [-0.25, -0.2) is 9.18 Å². The van der Waals surface area contributed by atoms with E-state index in [0.29, 0.717) is 10.0 Å². The Kier molecular flexibility index (Phi) is 2.47. The third-order valence-corrected chi connectivity index (χ3v) is 2.41. The minimum Gasteiger partial charge on any atom is -0.478 e. The summed E-state index contributed by atoms with van der Waals surface area (Å²) in [7, 11) is 0. The Balaban J connectivity index is 3.36. The van der Waals surface area contributed by atoms with Gasteiger partial charge in [0.15, 0.2) is 0 Å². The van der Waals surface area contributed by atoms with Crippen molar-refractivity contribution in [3.05, 3.63) is 33.5 Å². The molecule has 0 aromatic heterocycles. The van der Waals surface area contributed by atoms with E-state index < -0.39 is 11.8 Å². The summed E-state index contributed by atoms with van der Waals surface area (Å²) in [6, 6.07) is 2.75. The smallest absolute Gasteiger partial charge is 0.338 e. The first-order chi connectivity index (χ1) is 5.54. The molecule has 0 aliphatic carbocycles. The molecule has 0 spiro atoms. The maximum absolute atomic E-state index is 13.1. The van der Waals surface area contributed by atoms with Crippen LogP contribution in [0.1, 0.15) is 15.9 Å². The monoisotopic (exact) mass is 232 g/mol. The minimum atomic E-state index is -1.25. The molecule has 0 saturated heterocycles. The lowest BCUT2D eigenvalue weighted by atomic mass is 10.1. The van der Waals surface area contributed by atoms with Crippen molar-refractivity contribution in [2.45, 2.75) is 6.92 Å². The number of aromatic carboxylic acids is 1. The van der Waals surface area contributed by atoms with Crippen molar-refractivity contribution < 1.29 is 14.3 Å². The SMILES string of the molecule is Cc1c(Br)ccc(C(=O)O)c1F. The highest BCUT2D eigenvalue weighted by molar-refractivity contribution is 9.10. The van der Waals surface area contributed by atoms with Crippen LogP contribution >= 0.6 is 15.9 Å². The van der Waals surface area contributed by atoms with Crippen LogP contribution in [0.15, 0.2) is 16.6 Å². The van der Waals surface area contributed by atoms with Gasteiger partial charge in [-0.1, -0.05) is 15.9 Å². The van der Waals surface area contributed by atoms with E-state index in [-0.39, 0.29) is 5.56 Å². The second kappa shape index (κ2) is 3.23. The van der Waals surface area contributed by atoms with E-state index in [0.717, 1.165) is 0 Å². The van der Waals surface area contributed by atoms with Crippen LogP contribution < -0.4 is 0 Å². The molecular weight excluding hydrogens is 227 g/mol. The molecule has 0 bridgehead atoms. The van der Waals surface area contributed by atoms with Crippen LogP contribution in [0.3, 0.4) is 0 Å². The van der Waals surface area contributed by atoms with E-state index in [4.69, 9.17) is 5.11 Å². The van der Waals surface area contributed by atoms with Crippen molar-refractivity contribution in [2.24, 2.45) is 0 Å². The van der Waals surface area contributed by atoms with Crippen LogP contribution in [0.2, 0.25) is 0 Å². The highest BCUT2D eigenvalue weighted by Gasteiger charge is 2.13. The van der Waals surface area contributed by atoms with Crippen LogP contribution in [-0.4, -0.2) is 11.1 Å².